The van der Waals surface area contributed by atoms with Gasteiger partial charge < -0.3 is 4.90 Å². The molecule has 8 rings (SSSR count). The van der Waals surface area contributed by atoms with Gasteiger partial charge in [-0.1, -0.05) is 121 Å². The highest BCUT2D eigenvalue weighted by Gasteiger charge is 2.47. The maximum absolute atomic E-state index is 10.1. The number of hydrogen-bond donors (Lipinski definition) is 0. The molecule has 0 atom stereocenters. The summed E-state index contributed by atoms with van der Waals surface area (Å²) in [7, 11) is 0. The number of benzene rings is 5. The Labute approximate surface area is 267 Å². The Hall–Kier alpha value is -5.55. The second-order valence-electron chi connectivity index (χ2n) is 11.4. The highest BCUT2D eigenvalue weighted by Crippen LogP contribution is 2.57. The first kappa shape index (κ1) is 27.0. The molecule has 45 heavy (non-hydrogen) atoms. The van der Waals surface area contributed by atoms with Crippen LogP contribution in [-0.4, -0.2) is 0 Å². The van der Waals surface area contributed by atoms with Crippen molar-refractivity contribution in [2.75, 3.05) is 4.90 Å². The number of para-hydroxylation sites is 2. The molecule has 0 bridgehead atoms. The van der Waals surface area contributed by atoms with E-state index in [2.05, 4.69) is 144 Å². The van der Waals surface area contributed by atoms with E-state index in [9.17, 15) is 10.5 Å². The van der Waals surface area contributed by atoms with Gasteiger partial charge in [-0.25, -0.2) is 0 Å². The van der Waals surface area contributed by atoms with Crippen LogP contribution in [0.15, 0.2) is 166 Å². The van der Waals surface area contributed by atoms with Gasteiger partial charge in [0.15, 0.2) is 0 Å². The molecule has 0 spiro atoms. The van der Waals surface area contributed by atoms with Crippen molar-refractivity contribution in [2.45, 2.75) is 28.0 Å². The quantitative estimate of drug-likeness (QED) is 0.195. The summed E-state index contributed by atoms with van der Waals surface area (Å²) >= 11 is 1.82. The fraction of sp³-hybridized carbons (Fsp3) is 0.0732. The van der Waals surface area contributed by atoms with Crippen LogP contribution in [0, 0.1) is 22.7 Å². The lowest BCUT2D eigenvalue weighted by molar-refractivity contribution is 0.710. The molecule has 0 radical (unpaired) electrons. The van der Waals surface area contributed by atoms with Crippen molar-refractivity contribution in [3.8, 4) is 12.1 Å². The molecular weight excluding hydrogens is 567 g/mol. The predicted molar refractivity (Wildman–Crippen MR) is 181 cm³/mol. The molecule has 5 aromatic carbocycles. The molecule has 3 nitrogen and oxygen atoms in total. The van der Waals surface area contributed by atoms with Crippen LogP contribution in [0.2, 0.25) is 0 Å². The van der Waals surface area contributed by atoms with Crippen molar-refractivity contribution in [1.82, 2.24) is 0 Å². The molecule has 212 valence electrons. The summed E-state index contributed by atoms with van der Waals surface area (Å²) in [6.45, 7) is 0. The van der Waals surface area contributed by atoms with Gasteiger partial charge in [-0.15, -0.1) is 0 Å². The van der Waals surface area contributed by atoms with Gasteiger partial charge in [-0.2, -0.15) is 10.5 Å². The summed E-state index contributed by atoms with van der Waals surface area (Å²) in [5, 5.41) is 20.2. The number of hydrogen-bond acceptors (Lipinski definition) is 4. The molecule has 0 N–H and O–H groups in total. The molecule has 0 unspecified atom stereocenters. The summed E-state index contributed by atoms with van der Waals surface area (Å²) in [5.74, 6) is 0. The van der Waals surface area contributed by atoms with E-state index in [-0.39, 0.29) is 5.57 Å². The van der Waals surface area contributed by atoms with Gasteiger partial charge >= 0.3 is 0 Å². The van der Waals surface area contributed by atoms with Gasteiger partial charge in [0.25, 0.3) is 0 Å². The Morgan fingerprint density at radius 1 is 0.644 bits per heavy atom. The van der Waals surface area contributed by atoms with Gasteiger partial charge in [0.1, 0.15) is 17.7 Å². The zero-order valence-corrected chi connectivity index (χ0v) is 25.3. The van der Waals surface area contributed by atoms with Gasteiger partial charge in [-0.3, -0.25) is 0 Å². The minimum atomic E-state index is -0.663. The Balaban J connectivity index is 1.44. The number of allylic oxidation sites excluding steroid dienone is 5. The zero-order chi connectivity index (χ0) is 30.4. The van der Waals surface area contributed by atoms with Gasteiger partial charge in [0.05, 0.1) is 16.8 Å². The molecule has 1 aliphatic heterocycles. The van der Waals surface area contributed by atoms with E-state index in [1.807, 2.05) is 23.9 Å². The fourth-order valence-electron chi connectivity index (χ4n) is 7.37. The van der Waals surface area contributed by atoms with Crippen LogP contribution in [0.25, 0.3) is 5.57 Å². The molecule has 0 fully saturated rings. The van der Waals surface area contributed by atoms with Gasteiger partial charge in [0.2, 0.25) is 0 Å². The molecule has 4 heteroatoms. The highest BCUT2D eigenvalue weighted by molar-refractivity contribution is 7.99. The smallest absolute Gasteiger partial charge is 0.138 e. The van der Waals surface area contributed by atoms with E-state index in [0.717, 1.165) is 40.7 Å². The number of anilines is 2. The van der Waals surface area contributed by atoms with Crippen LogP contribution in [0.1, 0.15) is 40.7 Å². The Morgan fingerprint density at radius 3 is 1.78 bits per heavy atom. The van der Waals surface area contributed by atoms with Crippen molar-refractivity contribution in [3.05, 3.63) is 184 Å². The minimum Gasteiger partial charge on any atom is -0.312 e. The monoisotopic (exact) mass is 593 g/mol. The lowest BCUT2D eigenvalue weighted by Gasteiger charge is -2.45. The molecule has 0 saturated carbocycles. The van der Waals surface area contributed by atoms with Crippen molar-refractivity contribution < 1.29 is 0 Å². The third kappa shape index (κ3) is 4.04. The SMILES string of the molecule is N#CC(C#N)=C1c2ccccc2C(C2=CCCC(N3c4ccccc4Sc4ccccc43)=C2)(c2ccccc2)c2ccccc21. The first-order valence-electron chi connectivity index (χ1n) is 15.1. The molecule has 3 aliphatic rings. The van der Waals surface area contributed by atoms with Crippen LogP contribution >= 0.6 is 11.8 Å². The third-order valence-electron chi connectivity index (χ3n) is 9.12. The van der Waals surface area contributed by atoms with Gasteiger partial charge in [-0.05, 0) is 76.6 Å². The van der Waals surface area contributed by atoms with Crippen molar-refractivity contribution in [1.29, 1.82) is 10.5 Å². The topological polar surface area (TPSA) is 50.8 Å². The van der Waals surface area contributed by atoms with E-state index >= 15 is 0 Å². The first-order chi connectivity index (χ1) is 22.3. The van der Waals surface area contributed by atoms with Crippen LogP contribution in [0.4, 0.5) is 11.4 Å². The lowest BCUT2D eigenvalue weighted by atomic mass is 9.57. The van der Waals surface area contributed by atoms with Crippen LogP contribution in [0.3, 0.4) is 0 Å². The summed E-state index contributed by atoms with van der Waals surface area (Å²) in [6, 6.07) is 49.0. The van der Waals surface area contributed by atoms with E-state index < -0.39 is 5.41 Å². The molecule has 5 aromatic rings. The van der Waals surface area contributed by atoms with Crippen LogP contribution in [0.5, 0.6) is 0 Å². The van der Waals surface area contributed by atoms with Crippen molar-refractivity contribution in [2.24, 2.45) is 0 Å². The predicted octanol–water partition coefficient (Wildman–Crippen LogP) is 10.1. The molecule has 0 saturated heterocycles. The van der Waals surface area contributed by atoms with E-state index in [1.165, 1.54) is 32.4 Å². The molecule has 0 aromatic heterocycles. The lowest BCUT2D eigenvalue weighted by Crippen LogP contribution is -2.37. The highest BCUT2D eigenvalue weighted by atomic mass is 32.2. The number of nitriles is 2. The van der Waals surface area contributed by atoms with Crippen molar-refractivity contribution in [3.63, 3.8) is 0 Å². The average Bonchev–Trinajstić information content (AvgIpc) is 3.11. The summed E-state index contributed by atoms with van der Waals surface area (Å²) < 4.78 is 0. The van der Waals surface area contributed by atoms with E-state index in [4.69, 9.17) is 0 Å². The van der Waals surface area contributed by atoms with E-state index in [1.54, 1.807) is 0 Å². The van der Waals surface area contributed by atoms with Gasteiger partial charge in [0, 0.05) is 21.1 Å². The molecule has 1 heterocycles. The summed E-state index contributed by atoms with van der Waals surface area (Å²) in [6.07, 6.45) is 6.59. The molecule has 0 amide bonds. The Bertz CT molecular complexity index is 2060. The zero-order valence-electron chi connectivity index (χ0n) is 24.4. The van der Waals surface area contributed by atoms with E-state index in [0.29, 0.717) is 5.57 Å². The second kappa shape index (κ2) is 10.9. The van der Waals surface area contributed by atoms with Crippen LogP contribution < -0.4 is 4.90 Å². The number of nitrogens with zero attached hydrogens (tertiary/aromatic N) is 3. The Kier molecular flexibility index (Phi) is 6.53. The fourth-order valence-corrected chi connectivity index (χ4v) is 8.43. The molecular formula is C41H27N3S. The maximum atomic E-state index is 10.1. The Morgan fingerprint density at radius 2 is 1.18 bits per heavy atom. The largest absolute Gasteiger partial charge is 0.312 e. The normalized spacial score (nSPS) is 17.7. The summed E-state index contributed by atoms with van der Waals surface area (Å²) in [5.41, 5.74) is 10.1. The number of rotatable bonds is 3. The standard InChI is InChI=1S/C41H27N3S/c42-26-28(27-43)40-32-17-4-6-19-34(32)41(29-13-2-1-3-14-29,35-20-7-5-18-33(35)40)30-15-12-16-31(25-30)44-36-21-8-10-23-38(36)45-39-24-11-9-22-37(39)44/h1-11,13-15,17-25H,12,16H2. The minimum absolute atomic E-state index is 0.129. The third-order valence-corrected chi connectivity index (χ3v) is 10.3. The maximum Gasteiger partial charge on any atom is 0.138 e. The average molecular weight is 594 g/mol. The first-order valence-corrected chi connectivity index (χ1v) is 15.9. The number of fused-ring (bicyclic) bond motifs is 4. The van der Waals surface area contributed by atoms with Crippen LogP contribution in [-0.2, 0) is 5.41 Å². The summed E-state index contributed by atoms with van der Waals surface area (Å²) in [4.78, 5) is 4.94. The van der Waals surface area contributed by atoms with Crippen molar-refractivity contribution >= 4 is 28.7 Å². The molecule has 2 aliphatic carbocycles. The second-order valence-corrected chi connectivity index (χ2v) is 12.5.